The summed E-state index contributed by atoms with van der Waals surface area (Å²) in [6, 6.07) is 4.81. The SMILES string of the molecule is O=C1C2CCCN2C(=O)N1CC(O)c1cccc(F)c1. The normalized spacial score (nSPS) is 23.4. The molecule has 1 aromatic rings. The summed E-state index contributed by atoms with van der Waals surface area (Å²) in [6.45, 7) is 0.454. The van der Waals surface area contributed by atoms with Gasteiger partial charge in [0, 0.05) is 6.54 Å². The lowest BCUT2D eigenvalue weighted by Gasteiger charge is -2.19. The number of β-amino-alcohol motifs (C(OH)–C–C–N with tert-alkyl or cyclic N) is 1. The van der Waals surface area contributed by atoms with Gasteiger partial charge in [0.1, 0.15) is 11.9 Å². The van der Waals surface area contributed by atoms with Gasteiger partial charge in [0.05, 0.1) is 12.6 Å². The topological polar surface area (TPSA) is 60.9 Å². The molecule has 0 aromatic heterocycles. The Morgan fingerprint density at radius 1 is 1.40 bits per heavy atom. The number of benzene rings is 1. The lowest BCUT2D eigenvalue weighted by molar-refractivity contribution is -0.128. The van der Waals surface area contributed by atoms with Crippen LogP contribution >= 0.6 is 0 Å². The fourth-order valence-electron chi connectivity index (χ4n) is 2.84. The number of aliphatic hydroxyl groups is 1. The smallest absolute Gasteiger partial charge is 0.327 e. The molecule has 0 radical (unpaired) electrons. The number of carbonyl (C=O) groups is 2. The first-order chi connectivity index (χ1) is 9.58. The molecule has 2 fully saturated rings. The zero-order chi connectivity index (χ0) is 14.3. The minimum atomic E-state index is -1.07. The van der Waals surface area contributed by atoms with Gasteiger partial charge in [-0.15, -0.1) is 0 Å². The van der Waals surface area contributed by atoms with Crippen LogP contribution in [0.25, 0.3) is 0 Å². The number of nitrogens with zero attached hydrogens (tertiary/aromatic N) is 2. The number of hydrogen-bond donors (Lipinski definition) is 1. The van der Waals surface area contributed by atoms with Crippen molar-refractivity contribution in [1.82, 2.24) is 9.80 Å². The molecule has 20 heavy (non-hydrogen) atoms. The summed E-state index contributed by atoms with van der Waals surface area (Å²) in [6.07, 6.45) is 0.443. The monoisotopic (exact) mass is 278 g/mol. The minimum Gasteiger partial charge on any atom is -0.387 e. The van der Waals surface area contributed by atoms with Gasteiger partial charge >= 0.3 is 6.03 Å². The zero-order valence-corrected chi connectivity index (χ0v) is 10.8. The van der Waals surface area contributed by atoms with Crippen molar-refractivity contribution >= 4 is 11.9 Å². The van der Waals surface area contributed by atoms with Crippen molar-refractivity contribution in [3.05, 3.63) is 35.6 Å². The third kappa shape index (κ3) is 2.06. The molecule has 6 heteroatoms. The second-order valence-corrected chi connectivity index (χ2v) is 5.15. The number of aliphatic hydroxyl groups excluding tert-OH is 1. The number of fused-ring (bicyclic) bond motifs is 1. The van der Waals surface area contributed by atoms with Crippen LogP contribution < -0.4 is 0 Å². The van der Waals surface area contributed by atoms with E-state index in [-0.39, 0.29) is 24.5 Å². The summed E-state index contributed by atoms with van der Waals surface area (Å²) >= 11 is 0. The van der Waals surface area contributed by atoms with Gasteiger partial charge in [-0.25, -0.2) is 9.18 Å². The predicted octanol–water partition coefficient (Wildman–Crippen LogP) is 1.29. The second-order valence-electron chi connectivity index (χ2n) is 5.15. The quantitative estimate of drug-likeness (QED) is 0.847. The number of halogens is 1. The molecule has 1 N–H and O–H groups in total. The van der Waals surface area contributed by atoms with Crippen molar-refractivity contribution in [2.75, 3.05) is 13.1 Å². The Bertz CT molecular complexity index is 541. The molecule has 3 rings (SSSR count). The average molecular weight is 278 g/mol. The number of amides is 3. The van der Waals surface area contributed by atoms with Gasteiger partial charge in [-0.1, -0.05) is 12.1 Å². The highest BCUT2D eigenvalue weighted by Crippen LogP contribution is 2.28. The van der Waals surface area contributed by atoms with Crippen LogP contribution in [0.5, 0.6) is 0 Å². The first-order valence-electron chi connectivity index (χ1n) is 6.63. The molecule has 0 spiro atoms. The van der Waals surface area contributed by atoms with Gasteiger partial charge in [0.15, 0.2) is 0 Å². The molecule has 3 amide bonds. The first-order valence-corrected chi connectivity index (χ1v) is 6.63. The third-order valence-corrected chi connectivity index (χ3v) is 3.87. The van der Waals surface area contributed by atoms with E-state index in [2.05, 4.69) is 0 Å². The molecule has 2 atom stereocenters. The summed E-state index contributed by atoms with van der Waals surface area (Å²) in [4.78, 5) is 26.8. The molecule has 2 aliphatic rings. The van der Waals surface area contributed by atoms with Crippen molar-refractivity contribution in [2.45, 2.75) is 25.0 Å². The molecule has 2 saturated heterocycles. The number of hydrogen-bond acceptors (Lipinski definition) is 3. The van der Waals surface area contributed by atoms with E-state index in [1.807, 2.05) is 0 Å². The van der Waals surface area contributed by atoms with E-state index in [9.17, 15) is 19.1 Å². The molecule has 2 unspecified atom stereocenters. The first kappa shape index (κ1) is 13.1. The van der Waals surface area contributed by atoms with E-state index in [1.54, 1.807) is 11.0 Å². The molecule has 0 saturated carbocycles. The highest BCUT2D eigenvalue weighted by Gasteiger charge is 2.47. The van der Waals surface area contributed by atoms with Crippen LogP contribution in [0.3, 0.4) is 0 Å². The molecule has 0 bridgehead atoms. The van der Waals surface area contributed by atoms with Crippen molar-refractivity contribution in [1.29, 1.82) is 0 Å². The molecule has 5 nitrogen and oxygen atoms in total. The fourth-order valence-corrected chi connectivity index (χ4v) is 2.84. The Hall–Kier alpha value is -1.95. The van der Waals surface area contributed by atoms with Gasteiger partial charge in [-0.3, -0.25) is 9.69 Å². The zero-order valence-electron chi connectivity index (χ0n) is 10.8. The van der Waals surface area contributed by atoms with Crippen LogP contribution in [0.1, 0.15) is 24.5 Å². The Morgan fingerprint density at radius 2 is 2.20 bits per heavy atom. The highest BCUT2D eigenvalue weighted by molar-refractivity contribution is 6.04. The molecule has 2 aliphatic heterocycles. The molecule has 1 aromatic carbocycles. The largest absolute Gasteiger partial charge is 0.387 e. The maximum atomic E-state index is 13.1. The maximum Gasteiger partial charge on any atom is 0.327 e. The van der Waals surface area contributed by atoms with E-state index < -0.39 is 11.9 Å². The maximum absolute atomic E-state index is 13.1. The standard InChI is InChI=1S/C14H15FN2O3/c15-10-4-1-3-9(7-10)12(18)8-17-13(19)11-5-2-6-16(11)14(17)20/h1,3-4,7,11-12,18H,2,5-6,8H2. The van der Waals surface area contributed by atoms with Crippen molar-refractivity contribution in [3.63, 3.8) is 0 Å². The van der Waals surface area contributed by atoms with Crippen LogP contribution in [0.2, 0.25) is 0 Å². The average Bonchev–Trinajstić information content (AvgIpc) is 2.99. The Kier molecular flexibility index (Phi) is 3.17. The summed E-state index contributed by atoms with van der Waals surface area (Å²) in [7, 11) is 0. The number of urea groups is 1. The number of carbonyl (C=O) groups excluding carboxylic acids is 2. The molecule has 106 valence electrons. The summed E-state index contributed by atoms with van der Waals surface area (Å²) in [5.74, 6) is -0.718. The van der Waals surface area contributed by atoms with Gasteiger partial charge in [-0.05, 0) is 30.5 Å². The van der Waals surface area contributed by atoms with E-state index in [0.29, 0.717) is 18.5 Å². The number of rotatable bonds is 3. The Morgan fingerprint density at radius 3 is 2.90 bits per heavy atom. The van der Waals surface area contributed by atoms with Crippen molar-refractivity contribution < 1.29 is 19.1 Å². The Balaban J connectivity index is 1.75. The van der Waals surface area contributed by atoms with Crippen LogP contribution in [0.15, 0.2) is 24.3 Å². The minimum absolute atomic E-state index is 0.131. The van der Waals surface area contributed by atoms with E-state index in [1.165, 1.54) is 18.2 Å². The fraction of sp³-hybridized carbons (Fsp3) is 0.429. The summed E-state index contributed by atoms with van der Waals surface area (Å²) in [5.41, 5.74) is 0.359. The van der Waals surface area contributed by atoms with Crippen LogP contribution in [0.4, 0.5) is 9.18 Å². The lowest BCUT2D eigenvalue weighted by atomic mass is 10.1. The van der Waals surface area contributed by atoms with Crippen molar-refractivity contribution in [2.24, 2.45) is 0 Å². The van der Waals surface area contributed by atoms with Gasteiger partial charge in [-0.2, -0.15) is 0 Å². The van der Waals surface area contributed by atoms with E-state index in [4.69, 9.17) is 0 Å². The van der Waals surface area contributed by atoms with Crippen LogP contribution in [-0.2, 0) is 4.79 Å². The van der Waals surface area contributed by atoms with Crippen LogP contribution in [-0.4, -0.2) is 46.0 Å². The van der Waals surface area contributed by atoms with Gasteiger partial charge in [0.2, 0.25) is 0 Å². The lowest BCUT2D eigenvalue weighted by Crippen LogP contribution is -2.36. The molecular weight excluding hydrogens is 263 g/mol. The van der Waals surface area contributed by atoms with Gasteiger partial charge < -0.3 is 10.0 Å². The Labute approximate surface area is 115 Å². The second kappa shape index (κ2) is 4.86. The summed E-state index contributed by atoms with van der Waals surface area (Å²) < 4.78 is 13.1. The molecule has 2 heterocycles. The van der Waals surface area contributed by atoms with E-state index >= 15 is 0 Å². The molecule has 0 aliphatic carbocycles. The highest BCUT2D eigenvalue weighted by atomic mass is 19.1. The number of imide groups is 1. The van der Waals surface area contributed by atoms with Crippen LogP contribution in [0, 0.1) is 5.82 Å². The third-order valence-electron chi connectivity index (χ3n) is 3.87. The van der Waals surface area contributed by atoms with Crippen molar-refractivity contribution in [3.8, 4) is 0 Å². The predicted molar refractivity (Wildman–Crippen MR) is 68.2 cm³/mol. The summed E-state index contributed by atoms with van der Waals surface area (Å²) in [5, 5.41) is 10.1. The van der Waals surface area contributed by atoms with E-state index in [0.717, 1.165) is 11.3 Å². The molecular formula is C14H15FN2O3. The van der Waals surface area contributed by atoms with Gasteiger partial charge in [0.25, 0.3) is 5.91 Å².